The van der Waals surface area contributed by atoms with Crippen LogP contribution < -0.4 is 5.32 Å². The lowest BCUT2D eigenvalue weighted by molar-refractivity contribution is 0.0202. The highest BCUT2D eigenvalue weighted by Gasteiger charge is 2.30. The molecule has 1 heterocycles. The molecule has 0 aliphatic heterocycles. The second-order valence-corrected chi connectivity index (χ2v) is 5.89. The molecular formula is C16H19F2N3O. The minimum Gasteiger partial charge on any atom is -0.350 e. The van der Waals surface area contributed by atoms with Crippen LogP contribution in [-0.2, 0) is 0 Å². The van der Waals surface area contributed by atoms with E-state index in [2.05, 4.69) is 10.4 Å². The average Bonchev–Trinajstić information content (AvgIpc) is 2.87. The van der Waals surface area contributed by atoms with Gasteiger partial charge in [0.2, 0.25) is 6.43 Å². The minimum absolute atomic E-state index is 0.110. The van der Waals surface area contributed by atoms with Crippen molar-refractivity contribution in [3.8, 4) is 5.69 Å². The summed E-state index contributed by atoms with van der Waals surface area (Å²) < 4.78 is 27.2. The Bertz CT molecular complexity index is 651. The van der Waals surface area contributed by atoms with Crippen molar-refractivity contribution in [3.63, 3.8) is 0 Å². The lowest BCUT2D eigenvalue weighted by Gasteiger charge is -2.23. The third-order valence-electron chi connectivity index (χ3n) is 3.42. The molecule has 0 bridgehead atoms. The number of halogens is 2. The van der Waals surface area contributed by atoms with Crippen LogP contribution in [0.3, 0.4) is 0 Å². The van der Waals surface area contributed by atoms with E-state index in [0.29, 0.717) is 0 Å². The monoisotopic (exact) mass is 307 g/mol. The minimum atomic E-state index is -2.50. The van der Waals surface area contributed by atoms with E-state index in [1.54, 1.807) is 10.7 Å². The summed E-state index contributed by atoms with van der Waals surface area (Å²) in [6.07, 6.45) is -2.50. The number of para-hydroxylation sites is 1. The fourth-order valence-electron chi connectivity index (χ4n) is 1.89. The lowest BCUT2D eigenvalue weighted by Crippen LogP contribution is -2.38. The molecule has 2 rings (SSSR count). The topological polar surface area (TPSA) is 46.9 Å². The first-order chi connectivity index (χ1) is 10.3. The summed E-state index contributed by atoms with van der Waals surface area (Å²) in [5.74, 6) is -0.452. The summed E-state index contributed by atoms with van der Waals surface area (Å²) in [4.78, 5) is 12.1. The summed E-state index contributed by atoms with van der Waals surface area (Å²) >= 11 is 0. The Morgan fingerprint density at radius 1 is 1.32 bits per heavy atom. The number of rotatable bonds is 5. The number of hydrogen-bond acceptors (Lipinski definition) is 2. The molecule has 0 saturated heterocycles. The van der Waals surface area contributed by atoms with Crippen molar-refractivity contribution in [2.45, 2.75) is 27.2 Å². The normalized spacial score (nSPS) is 11.7. The molecule has 1 aromatic carbocycles. The van der Waals surface area contributed by atoms with Gasteiger partial charge in [0.15, 0.2) is 5.69 Å². The number of carbonyl (C=O) groups excluding carboxylic acids is 1. The fraction of sp³-hybridized carbons (Fsp3) is 0.375. The van der Waals surface area contributed by atoms with Gasteiger partial charge in [0.25, 0.3) is 5.91 Å². The van der Waals surface area contributed by atoms with Gasteiger partial charge in [0, 0.05) is 17.7 Å². The summed E-state index contributed by atoms with van der Waals surface area (Å²) in [5, 5.41) is 6.76. The van der Waals surface area contributed by atoms with Crippen LogP contribution in [0.1, 0.15) is 30.0 Å². The van der Waals surface area contributed by atoms with Crippen LogP contribution >= 0.6 is 0 Å². The zero-order valence-corrected chi connectivity index (χ0v) is 12.8. The zero-order valence-electron chi connectivity index (χ0n) is 12.8. The van der Waals surface area contributed by atoms with Crippen molar-refractivity contribution in [3.05, 3.63) is 47.8 Å². The number of amides is 1. The van der Waals surface area contributed by atoms with Gasteiger partial charge in [-0.1, -0.05) is 32.0 Å². The number of aromatic nitrogens is 2. The molecule has 0 radical (unpaired) electrons. The molecule has 1 amide bonds. The van der Waals surface area contributed by atoms with Crippen molar-refractivity contribution < 1.29 is 13.6 Å². The summed E-state index contributed by atoms with van der Waals surface area (Å²) in [6, 6.07) is 11.0. The highest BCUT2D eigenvalue weighted by molar-refractivity contribution is 5.92. The Balaban J connectivity index is 2.12. The SMILES string of the molecule is Cc1cc(C(=O)NCC(C)(C)C(F)F)nn1-c1ccccc1. The summed E-state index contributed by atoms with van der Waals surface area (Å²) in [6.45, 7) is 4.54. The van der Waals surface area contributed by atoms with Gasteiger partial charge in [-0.3, -0.25) is 4.79 Å². The van der Waals surface area contributed by atoms with Crippen molar-refractivity contribution in [2.75, 3.05) is 6.54 Å². The van der Waals surface area contributed by atoms with Gasteiger partial charge >= 0.3 is 0 Å². The molecule has 0 fully saturated rings. The predicted molar refractivity (Wildman–Crippen MR) is 80.4 cm³/mol. The van der Waals surface area contributed by atoms with Crippen molar-refractivity contribution >= 4 is 5.91 Å². The van der Waals surface area contributed by atoms with Gasteiger partial charge in [-0.05, 0) is 25.1 Å². The molecule has 1 aromatic heterocycles. The number of nitrogens with zero attached hydrogens (tertiary/aromatic N) is 2. The molecule has 1 N–H and O–H groups in total. The molecule has 22 heavy (non-hydrogen) atoms. The Morgan fingerprint density at radius 3 is 2.55 bits per heavy atom. The third-order valence-corrected chi connectivity index (χ3v) is 3.42. The maximum atomic E-state index is 12.8. The van der Waals surface area contributed by atoms with E-state index < -0.39 is 17.7 Å². The van der Waals surface area contributed by atoms with Crippen LogP contribution in [0, 0.1) is 12.3 Å². The second-order valence-electron chi connectivity index (χ2n) is 5.89. The van der Waals surface area contributed by atoms with Crippen LogP contribution in [0.25, 0.3) is 5.69 Å². The van der Waals surface area contributed by atoms with Gasteiger partial charge in [-0.2, -0.15) is 5.10 Å². The van der Waals surface area contributed by atoms with Crippen molar-refractivity contribution in [1.29, 1.82) is 0 Å². The number of hydrogen-bond donors (Lipinski definition) is 1. The Labute approximate surface area is 128 Å². The Kier molecular flexibility index (Phi) is 4.59. The predicted octanol–water partition coefficient (Wildman–Crippen LogP) is 3.20. The zero-order chi connectivity index (χ0) is 16.3. The smallest absolute Gasteiger partial charge is 0.271 e. The van der Waals surface area contributed by atoms with Crippen molar-refractivity contribution in [2.24, 2.45) is 5.41 Å². The molecule has 0 atom stereocenters. The Hall–Kier alpha value is -2.24. The van der Waals surface area contributed by atoms with E-state index >= 15 is 0 Å². The summed E-state index contributed by atoms with van der Waals surface area (Å²) in [5.41, 5.74) is 0.579. The van der Waals surface area contributed by atoms with Gasteiger partial charge in [-0.15, -0.1) is 0 Å². The first-order valence-electron chi connectivity index (χ1n) is 7.00. The highest BCUT2D eigenvalue weighted by atomic mass is 19.3. The van der Waals surface area contributed by atoms with Crippen LogP contribution in [-0.4, -0.2) is 28.7 Å². The number of nitrogens with one attached hydrogen (secondary N) is 1. The fourth-order valence-corrected chi connectivity index (χ4v) is 1.89. The van der Waals surface area contributed by atoms with E-state index in [4.69, 9.17) is 0 Å². The molecular weight excluding hydrogens is 288 g/mol. The van der Waals surface area contributed by atoms with Crippen LogP contribution in [0.5, 0.6) is 0 Å². The molecule has 0 aliphatic carbocycles. The van der Waals surface area contributed by atoms with Crippen LogP contribution in [0.2, 0.25) is 0 Å². The number of carbonyl (C=O) groups is 1. The number of aryl methyl sites for hydroxylation is 1. The first kappa shape index (κ1) is 16.1. The molecule has 4 nitrogen and oxygen atoms in total. The van der Waals surface area contributed by atoms with Gasteiger partial charge in [0.1, 0.15) is 0 Å². The molecule has 0 aliphatic rings. The van der Waals surface area contributed by atoms with Gasteiger partial charge in [0.05, 0.1) is 5.69 Å². The van der Waals surface area contributed by atoms with Crippen LogP contribution in [0.4, 0.5) is 8.78 Å². The van der Waals surface area contributed by atoms with E-state index in [1.807, 2.05) is 37.3 Å². The molecule has 6 heteroatoms. The maximum absolute atomic E-state index is 12.8. The Morgan fingerprint density at radius 2 is 1.95 bits per heavy atom. The van der Waals surface area contributed by atoms with E-state index in [1.165, 1.54) is 13.8 Å². The standard InChI is InChI=1S/C16H19F2N3O/c1-11-9-13(14(22)19-10-16(2,3)15(17)18)20-21(11)12-7-5-4-6-8-12/h4-9,15H,10H2,1-3H3,(H,19,22). The highest BCUT2D eigenvalue weighted by Crippen LogP contribution is 2.23. The number of alkyl halides is 2. The molecule has 118 valence electrons. The average molecular weight is 307 g/mol. The number of benzene rings is 1. The first-order valence-corrected chi connectivity index (χ1v) is 7.00. The van der Waals surface area contributed by atoms with Crippen LogP contribution in [0.15, 0.2) is 36.4 Å². The second kappa shape index (κ2) is 6.25. The van der Waals surface area contributed by atoms with Crippen molar-refractivity contribution in [1.82, 2.24) is 15.1 Å². The van der Waals surface area contributed by atoms with E-state index in [9.17, 15) is 13.6 Å². The third kappa shape index (κ3) is 3.50. The quantitative estimate of drug-likeness (QED) is 0.922. The molecule has 0 saturated carbocycles. The summed E-state index contributed by atoms with van der Waals surface area (Å²) in [7, 11) is 0. The molecule has 0 unspecified atom stereocenters. The van der Waals surface area contributed by atoms with Gasteiger partial charge in [-0.25, -0.2) is 13.5 Å². The van der Waals surface area contributed by atoms with E-state index in [0.717, 1.165) is 11.4 Å². The lowest BCUT2D eigenvalue weighted by atomic mass is 9.94. The largest absolute Gasteiger partial charge is 0.350 e. The molecule has 2 aromatic rings. The van der Waals surface area contributed by atoms with Gasteiger partial charge < -0.3 is 5.32 Å². The molecule has 0 spiro atoms. The van der Waals surface area contributed by atoms with E-state index in [-0.39, 0.29) is 12.2 Å². The maximum Gasteiger partial charge on any atom is 0.271 e.